The van der Waals surface area contributed by atoms with Gasteiger partial charge in [0.05, 0.1) is 0 Å². The molecule has 2 nitrogen and oxygen atoms in total. The van der Waals surface area contributed by atoms with E-state index in [-0.39, 0.29) is 6.54 Å². The van der Waals surface area contributed by atoms with Crippen LogP contribution in [-0.2, 0) is 6.54 Å². The van der Waals surface area contributed by atoms with E-state index in [1.807, 2.05) is 0 Å². The van der Waals surface area contributed by atoms with Crippen LogP contribution in [0.5, 0.6) is 0 Å². The lowest BCUT2D eigenvalue weighted by Gasteiger charge is -2.02. The molecule has 1 heterocycles. The first-order valence-corrected chi connectivity index (χ1v) is 3.31. The Hall–Kier alpha value is -0.930. The standard InChI is InChI=1S/C7H9F2N2/c1-5-3-10-11(6(5)2)4-7(8)9/h7H,4H2,1-2H3. The van der Waals surface area contributed by atoms with Crippen LogP contribution in [0, 0.1) is 20.0 Å². The van der Waals surface area contributed by atoms with Crippen LogP contribution in [0.25, 0.3) is 0 Å². The molecule has 4 heteroatoms. The van der Waals surface area contributed by atoms with E-state index in [9.17, 15) is 8.78 Å². The number of halogens is 2. The summed E-state index contributed by atoms with van der Waals surface area (Å²) in [4.78, 5) is 0. The van der Waals surface area contributed by atoms with Gasteiger partial charge in [0.1, 0.15) is 12.7 Å². The number of aromatic nitrogens is 2. The minimum Gasteiger partial charge on any atom is -0.263 e. The smallest absolute Gasteiger partial charge is 0.257 e. The van der Waals surface area contributed by atoms with Gasteiger partial charge in [0, 0.05) is 5.69 Å². The normalized spacial score (nSPS) is 11.0. The highest BCUT2D eigenvalue weighted by atomic mass is 19.3. The fourth-order valence-corrected chi connectivity index (χ4v) is 0.793. The summed E-state index contributed by atoms with van der Waals surface area (Å²) < 4.78 is 24.9. The van der Waals surface area contributed by atoms with Crippen molar-refractivity contribution in [2.75, 3.05) is 0 Å². The minimum absolute atomic E-state index is 0.337. The maximum absolute atomic E-state index is 11.8. The molecule has 0 aliphatic heterocycles. The molecule has 0 aliphatic carbocycles. The zero-order valence-corrected chi connectivity index (χ0v) is 6.43. The Kier molecular flexibility index (Phi) is 2.22. The van der Waals surface area contributed by atoms with E-state index >= 15 is 0 Å². The van der Waals surface area contributed by atoms with Crippen LogP contribution in [0.2, 0.25) is 0 Å². The zero-order chi connectivity index (χ0) is 8.43. The lowest BCUT2D eigenvalue weighted by Crippen LogP contribution is -2.09. The average molecular weight is 159 g/mol. The molecule has 0 N–H and O–H groups in total. The molecule has 1 rings (SSSR count). The van der Waals surface area contributed by atoms with Crippen molar-refractivity contribution in [2.45, 2.75) is 26.8 Å². The first-order chi connectivity index (χ1) is 5.11. The van der Waals surface area contributed by atoms with Gasteiger partial charge in [-0.15, -0.1) is 0 Å². The molecule has 0 bridgehead atoms. The van der Waals surface area contributed by atoms with Crippen molar-refractivity contribution in [2.24, 2.45) is 0 Å². The summed E-state index contributed by atoms with van der Waals surface area (Å²) in [6.45, 7) is 3.21. The number of hydrogen-bond donors (Lipinski definition) is 0. The molecule has 1 aromatic rings. The molecule has 0 aromatic carbocycles. The summed E-state index contributed by atoms with van der Waals surface area (Å²) in [6.07, 6.45) is 0.276. The highest BCUT2D eigenvalue weighted by Gasteiger charge is 2.08. The third-order valence-corrected chi connectivity index (χ3v) is 1.58. The molecular weight excluding hydrogens is 150 g/mol. The van der Waals surface area contributed by atoms with Gasteiger partial charge in [0.2, 0.25) is 0 Å². The lowest BCUT2D eigenvalue weighted by molar-refractivity contribution is 0.121. The molecule has 0 amide bonds. The average Bonchev–Trinajstić information content (AvgIpc) is 2.18. The van der Waals surface area contributed by atoms with Gasteiger partial charge in [-0.3, -0.25) is 4.68 Å². The maximum atomic E-state index is 11.8. The molecule has 0 unspecified atom stereocenters. The third-order valence-electron chi connectivity index (χ3n) is 1.58. The second kappa shape index (κ2) is 2.98. The SMILES string of the molecule is Cc1[c]nn(CC(F)F)c1C. The van der Waals surface area contributed by atoms with Gasteiger partial charge >= 0.3 is 0 Å². The molecule has 0 fully saturated rings. The topological polar surface area (TPSA) is 17.8 Å². The number of hydrogen-bond acceptors (Lipinski definition) is 1. The van der Waals surface area contributed by atoms with E-state index in [4.69, 9.17) is 0 Å². The third kappa shape index (κ3) is 1.76. The highest BCUT2D eigenvalue weighted by molar-refractivity contribution is 5.11. The predicted molar refractivity (Wildman–Crippen MR) is 36.5 cm³/mol. The Balaban J connectivity index is 2.79. The van der Waals surface area contributed by atoms with E-state index in [2.05, 4.69) is 11.3 Å². The van der Waals surface area contributed by atoms with E-state index in [0.29, 0.717) is 0 Å². The number of aryl methyl sites for hydroxylation is 1. The second-order valence-corrected chi connectivity index (χ2v) is 2.40. The summed E-state index contributed by atoms with van der Waals surface area (Å²) in [5.74, 6) is 0. The van der Waals surface area contributed by atoms with Gasteiger partial charge < -0.3 is 0 Å². The fraction of sp³-hybridized carbons (Fsp3) is 0.571. The number of rotatable bonds is 2. The lowest BCUT2D eigenvalue weighted by atomic mass is 10.3. The van der Waals surface area contributed by atoms with Gasteiger partial charge in [0.15, 0.2) is 0 Å². The summed E-state index contributed by atoms with van der Waals surface area (Å²) in [5, 5.41) is 3.67. The molecular formula is C7H9F2N2. The summed E-state index contributed by atoms with van der Waals surface area (Å²) in [5.41, 5.74) is 1.58. The Morgan fingerprint density at radius 2 is 2.18 bits per heavy atom. The number of alkyl halides is 2. The quantitative estimate of drug-likeness (QED) is 0.640. The first-order valence-electron chi connectivity index (χ1n) is 3.31. The van der Waals surface area contributed by atoms with Crippen LogP contribution >= 0.6 is 0 Å². The van der Waals surface area contributed by atoms with Crippen molar-refractivity contribution >= 4 is 0 Å². The van der Waals surface area contributed by atoms with Crippen molar-refractivity contribution in [1.82, 2.24) is 9.78 Å². The van der Waals surface area contributed by atoms with Crippen LogP contribution in [0.3, 0.4) is 0 Å². The van der Waals surface area contributed by atoms with Gasteiger partial charge in [-0.05, 0) is 19.4 Å². The van der Waals surface area contributed by atoms with Crippen LogP contribution in [0.4, 0.5) is 8.78 Å². The monoisotopic (exact) mass is 159 g/mol. The molecule has 0 spiro atoms. The second-order valence-electron chi connectivity index (χ2n) is 2.40. The zero-order valence-electron chi connectivity index (χ0n) is 6.43. The molecule has 61 valence electrons. The highest BCUT2D eigenvalue weighted by Crippen LogP contribution is 2.06. The molecule has 1 aromatic heterocycles. The van der Waals surface area contributed by atoms with Crippen molar-refractivity contribution in [3.8, 4) is 0 Å². The predicted octanol–water partition coefficient (Wildman–Crippen LogP) is 1.57. The first kappa shape index (κ1) is 8.17. The summed E-state index contributed by atoms with van der Waals surface area (Å²) in [6, 6.07) is 0. The van der Waals surface area contributed by atoms with Gasteiger partial charge in [-0.2, -0.15) is 5.10 Å². The van der Waals surface area contributed by atoms with Crippen LogP contribution < -0.4 is 0 Å². The molecule has 0 saturated heterocycles. The van der Waals surface area contributed by atoms with E-state index in [1.54, 1.807) is 13.8 Å². The van der Waals surface area contributed by atoms with Crippen molar-refractivity contribution in [3.05, 3.63) is 17.5 Å². The fourth-order valence-electron chi connectivity index (χ4n) is 0.793. The molecule has 1 radical (unpaired) electrons. The molecule has 11 heavy (non-hydrogen) atoms. The van der Waals surface area contributed by atoms with Crippen LogP contribution in [0.1, 0.15) is 11.3 Å². The Labute approximate surface area is 63.8 Å². The Morgan fingerprint density at radius 1 is 1.55 bits per heavy atom. The summed E-state index contributed by atoms with van der Waals surface area (Å²) in [7, 11) is 0. The van der Waals surface area contributed by atoms with Crippen LogP contribution in [0.15, 0.2) is 0 Å². The Morgan fingerprint density at radius 3 is 2.55 bits per heavy atom. The van der Waals surface area contributed by atoms with Gasteiger partial charge in [-0.25, -0.2) is 8.78 Å². The largest absolute Gasteiger partial charge is 0.263 e. The molecule has 0 aliphatic rings. The van der Waals surface area contributed by atoms with E-state index < -0.39 is 6.43 Å². The maximum Gasteiger partial charge on any atom is 0.257 e. The molecule has 0 atom stereocenters. The van der Waals surface area contributed by atoms with Crippen molar-refractivity contribution < 1.29 is 8.78 Å². The van der Waals surface area contributed by atoms with E-state index in [0.717, 1.165) is 11.3 Å². The van der Waals surface area contributed by atoms with Crippen LogP contribution in [-0.4, -0.2) is 16.2 Å². The van der Waals surface area contributed by atoms with E-state index in [1.165, 1.54) is 4.68 Å². The van der Waals surface area contributed by atoms with Gasteiger partial charge in [0.25, 0.3) is 6.43 Å². The van der Waals surface area contributed by atoms with Crippen molar-refractivity contribution in [3.63, 3.8) is 0 Å². The Bertz CT molecular complexity index is 243. The summed E-state index contributed by atoms with van der Waals surface area (Å²) >= 11 is 0. The van der Waals surface area contributed by atoms with Crippen molar-refractivity contribution in [1.29, 1.82) is 0 Å². The minimum atomic E-state index is -2.35. The molecule has 0 saturated carbocycles. The van der Waals surface area contributed by atoms with Gasteiger partial charge in [-0.1, -0.05) is 0 Å². The number of nitrogens with zero attached hydrogens (tertiary/aromatic N) is 2.